The molecule has 0 aromatic carbocycles. The lowest BCUT2D eigenvalue weighted by atomic mass is 9.69. The second kappa shape index (κ2) is 4.24. The summed E-state index contributed by atoms with van der Waals surface area (Å²) in [6.07, 6.45) is 6.47. The molecule has 1 aliphatic rings. The highest BCUT2D eigenvalue weighted by molar-refractivity contribution is 4.90. The van der Waals surface area contributed by atoms with Crippen LogP contribution in [0.4, 0.5) is 0 Å². The molecule has 1 unspecified atom stereocenters. The summed E-state index contributed by atoms with van der Waals surface area (Å²) in [5.41, 5.74) is 5.07. The van der Waals surface area contributed by atoms with Gasteiger partial charge in [-0.15, -0.1) is 0 Å². The van der Waals surface area contributed by atoms with Crippen LogP contribution in [0.3, 0.4) is 0 Å². The van der Waals surface area contributed by atoms with Crippen LogP contribution in [0.15, 0.2) is 0 Å². The van der Waals surface area contributed by atoms with E-state index in [1.807, 2.05) is 0 Å². The van der Waals surface area contributed by atoms with Crippen molar-refractivity contribution in [3.8, 4) is 0 Å². The van der Waals surface area contributed by atoms with Gasteiger partial charge in [-0.05, 0) is 38.1 Å². The van der Waals surface area contributed by atoms with Crippen LogP contribution >= 0.6 is 0 Å². The van der Waals surface area contributed by atoms with Crippen LogP contribution in [0.5, 0.6) is 0 Å². The van der Waals surface area contributed by atoms with Crippen molar-refractivity contribution in [2.24, 2.45) is 11.7 Å². The highest BCUT2D eigenvalue weighted by Crippen LogP contribution is 2.40. The molecule has 1 rings (SSSR count). The van der Waals surface area contributed by atoms with E-state index in [0.717, 1.165) is 19.3 Å². The van der Waals surface area contributed by atoms with Crippen molar-refractivity contribution in [1.29, 1.82) is 0 Å². The zero-order valence-corrected chi connectivity index (χ0v) is 8.05. The molecule has 0 bridgehead atoms. The smallest absolute Gasteiger partial charge is 0.0687 e. The molecule has 0 aliphatic heterocycles. The lowest BCUT2D eigenvalue weighted by molar-refractivity contribution is -0.0618. The maximum atomic E-state index is 10.3. The summed E-state index contributed by atoms with van der Waals surface area (Å²) in [6, 6.07) is 0. The van der Waals surface area contributed by atoms with Crippen LogP contribution in [0.2, 0.25) is 0 Å². The molecule has 2 heteroatoms. The number of hydrogen-bond donors (Lipinski definition) is 2. The highest BCUT2D eigenvalue weighted by Gasteiger charge is 2.38. The monoisotopic (exact) mass is 171 g/mol. The molecule has 1 saturated carbocycles. The van der Waals surface area contributed by atoms with E-state index in [2.05, 4.69) is 6.92 Å². The molecule has 1 atom stereocenters. The largest absolute Gasteiger partial charge is 0.390 e. The molecule has 3 N–H and O–H groups in total. The summed E-state index contributed by atoms with van der Waals surface area (Å²) in [5.74, 6) is 0.543. The summed E-state index contributed by atoms with van der Waals surface area (Å²) in [5, 5.41) is 10.3. The number of aliphatic hydroxyl groups is 1. The van der Waals surface area contributed by atoms with Crippen molar-refractivity contribution in [2.45, 2.75) is 51.0 Å². The van der Waals surface area contributed by atoms with Crippen LogP contribution in [0.25, 0.3) is 0 Å². The summed E-state index contributed by atoms with van der Waals surface area (Å²) >= 11 is 0. The maximum absolute atomic E-state index is 10.3. The fourth-order valence-electron chi connectivity index (χ4n) is 2.16. The van der Waals surface area contributed by atoms with Crippen LogP contribution in [0, 0.1) is 5.92 Å². The van der Waals surface area contributed by atoms with Crippen molar-refractivity contribution >= 4 is 0 Å². The van der Waals surface area contributed by atoms with E-state index in [4.69, 9.17) is 5.73 Å². The van der Waals surface area contributed by atoms with Gasteiger partial charge in [-0.2, -0.15) is 0 Å². The maximum Gasteiger partial charge on any atom is 0.0687 e. The molecule has 0 amide bonds. The number of nitrogens with two attached hydrogens (primary N) is 1. The first kappa shape index (κ1) is 10.0. The minimum Gasteiger partial charge on any atom is -0.390 e. The number of hydrogen-bond acceptors (Lipinski definition) is 2. The molecule has 0 aromatic heterocycles. The van der Waals surface area contributed by atoms with E-state index in [9.17, 15) is 5.11 Å². The second-order valence-electron chi connectivity index (χ2n) is 4.02. The Kier molecular flexibility index (Phi) is 3.53. The van der Waals surface area contributed by atoms with Gasteiger partial charge in [-0.1, -0.05) is 19.8 Å². The summed E-state index contributed by atoms with van der Waals surface area (Å²) < 4.78 is 0. The standard InChI is InChI=1S/C10H21NO/c1-2-6-10(12,7-8-11)9-4-3-5-9/h9,12H,2-8,11H2,1H3. The Morgan fingerprint density at radius 2 is 2.08 bits per heavy atom. The van der Waals surface area contributed by atoms with Crippen LogP contribution < -0.4 is 5.73 Å². The molecule has 1 fully saturated rings. The first-order chi connectivity index (χ1) is 5.73. The van der Waals surface area contributed by atoms with E-state index in [0.29, 0.717) is 12.5 Å². The molecular weight excluding hydrogens is 150 g/mol. The summed E-state index contributed by atoms with van der Waals surface area (Å²) in [4.78, 5) is 0. The summed E-state index contributed by atoms with van der Waals surface area (Å²) in [6.45, 7) is 2.74. The second-order valence-corrected chi connectivity index (χ2v) is 4.02. The predicted octanol–water partition coefficient (Wildman–Crippen LogP) is 1.67. The zero-order valence-electron chi connectivity index (χ0n) is 8.05. The van der Waals surface area contributed by atoms with E-state index < -0.39 is 5.60 Å². The molecule has 0 saturated heterocycles. The van der Waals surface area contributed by atoms with Gasteiger partial charge in [0.15, 0.2) is 0 Å². The Balaban J connectivity index is 2.44. The van der Waals surface area contributed by atoms with E-state index in [1.165, 1.54) is 19.3 Å². The van der Waals surface area contributed by atoms with Gasteiger partial charge < -0.3 is 10.8 Å². The van der Waals surface area contributed by atoms with Crippen LogP contribution in [-0.2, 0) is 0 Å². The third-order valence-electron chi connectivity index (χ3n) is 3.13. The quantitative estimate of drug-likeness (QED) is 0.661. The third-order valence-corrected chi connectivity index (χ3v) is 3.13. The van der Waals surface area contributed by atoms with E-state index in [1.54, 1.807) is 0 Å². The van der Waals surface area contributed by atoms with Gasteiger partial charge in [0, 0.05) is 0 Å². The molecule has 2 nitrogen and oxygen atoms in total. The fourth-order valence-corrected chi connectivity index (χ4v) is 2.16. The van der Waals surface area contributed by atoms with Gasteiger partial charge in [0.25, 0.3) is 0 Å². The van der Waals surface area contributed by atoms with Crippen molar-refractivity contribution in [1.82, 2.24) is 0 Å². The Morgan fingerprint density at radius 3 is 2.42 bits per heavy atom. The van der Waals surface area contributed by atoms with Crippen molar-refractivity contribution < 1.29 is 5.11 Å². The Morgan fingerprint density at radius 1 is 1.42 bits per heavy atom. The van der Waals surface area contributed by atoms with Crippen molar-refractivity contribution in [2.75, 3.05) is 6.54 Å². The van der Waals surface area contributed by atoms with Gasteiger partial charge in [0.05, 0.1) is 5.60 Å². The lowest BCUT2D eigenvalue weighted by Gasteiger charge is -2.41. The predicted molar refractivity (Wildman–Crippen MR) is 50.9 cm³/mol. The molecule has 1 aliphatic carbocycles. The van der Waals surface area contributed by atoms with Gasteiger partial charge in [0.2, 0.25) is 0 Å². The summed E-state index contributed by atoms with van der Waals surface area (Å²) in [7, 11) is 0. The molecule has 0 aromatic rings. The minimum atomic E-state index is -0.429. The van der Waals surface area contributed by atoms with Gasteiger partial charge in [-0.25, -0.2) is 0 Å². The highest BCUT2D eigenvalue weighted by atomic mass is 16.3. The topological polar surface area (TPSA) is 46.2 Å². The average Bonchev–Trinajstić information content (AvgIpc) is 1.82. The normalized spacial score (nSPS) is 23.2. The van der Waals surface area contributed by atoms with Crippen LogP contribution in [0.1, 0.15) is 45.4 Å². The lowest BCUT2D eigenvalue weighted by Crippen LogP contribution is -2.43. The van der Waals surface area contributed by atoms with Gasteiger partial charge >= 0.3 is 0 Å². The Hall–Kier alpha value is -0.0800. The Labute approximate surface area is 75.2 Å². The van der Waals surface area contributed by atoms with Crippen molar-refractivity contribution in [3.05, 3.63) is 0 Å². The van der Waals surface area contributed by atoms with Crippen molar-refractivity contribution in [3.63, 3.8) is 0 Å². The van der Waals surface area contributed by atoms with E-state index in [-0.39, 0.29) is 0 Å². The first-order valence-corrected chi connectivity index (χ1v) is 5.15. The van der Waals surface area contributed by atoms with Crippen LogP contribution in [-0.4, -0.2) is 17.3 Å². The molecule has 0 radical (unpaired) electrons. The van der Waals surface area contributed by atoms with Gasteiger partial charge in [-0.3, -0.25) is 0 Å². The minimum absolute atomic E-state index is 0.429. The average molecular weight is 171 g/mol. The first-order valence-electron chi connectivity index (χ1n) is 5.15. The molecule has 72 valence electrons. The molecule has 0 heterocycles. The third kappa shape index (κ3) is 1.99. The zero-order chi connectivity index (χ0) is 9.03. The Bertz CT molecular complexity index is 126. The van der Waals surface area contributed by atoms with Gasteiger partial charge in [0.1, 0.15) is 0 Å². The van der Waals surface area contributed by atoms with E-state index >= 15 is 0 Å². The molecular formula is C10H21NO. The molecule has 12 heavy (non-hydrogen) atoms. The molecule has 0 spiro atoms. The number of rotatable bonds is 5. The fraction of sp³-hybridized carbons (Fsp3) is 1.00. The SMILES string of the molecule is CCCC(O)(CCN)C1CCC1.